The van der Waals surface area contributed by atoms with E-state index in [-0.39, 0.29) is 12.1 Å². The SMILES string of the molecule is O=C(NCCN1CCOCC1)NCC(c1cccs1)N1CCOCC1. The Morgan fingerprint density at radius 2 is 1.84 bits per heavy atom. The van der Waals surface area contributed by atoms with Crippen molar-refractivity contribution in [2.45, 2.75) is 6.04 Å². The van der Waals surface area contributed by atoms with Crippen molar-refractivity contribution in [1.29, 1.82) is 0 Å². The number of carbonyl (C=O) groups excluding carboxylic acids is 1. The highest BCUT2D eigenvalue weighted by molar-refractivity contribution is 7.10. The van der Waals surface area contributed by atoms with E-state index < -0.39 is 0 Å². The van der Waals surface area contributed by atoms with E-state index in [1.54, 1.807) is 11.3 Å². The summed E-state index contributed by atoms with van der Waals surface area (Å²) in [4.78, 5) is 18.1. The molecule has 1 aromatic heterocycles. The summed E-state index contributed by atoms with van der Waals surface area (Å²) in [5.74, 6) is 0. The topological polar surface area (TPSA) is 66.1 Å². The lowest BCUT2D eigenvalue weighted by Crippen LogP contribution is -2.47. The fourth-order valence-corrected chi connectivity index (χ4v) is 4.04. The predicted octanol–water partition coefficient (Wildman–Crippen LogP) is 0.753. The highest BCUT2D eigenvalue weighted by Gasteiger charge is 2.23. The number of urea groups is 1. The molecule has 2 aliphatic heterocycles. The molecule has 7 nitrogen and oxygen atoms in total. The van der Waals surface area contributed by atoms with Crippen molar-refractivity contribution in [2.75, 3.05) is 72.2 Å². The Morgan fingerprint density at radius 1 is 1.12 bits per heavy atom. The van der Waals surface area contributed by atoms with Crippen LogP contribution in [0, 0.1) is 0 Å². The number of morpholine rings is 2. The fraction of sp³-hybridized carbons (Fsp3) is 0.706. The smallest absolute Gasteiger partial charge is 0.314 e. The van der Waals surface area contributed by atoms with Gasteiger partial charge in [0.25, 0.3) is 0 Å². The number of hydrogen-bond acceptors (Lipinski definition) is 6. The molecule has 140 valence electrons. The maximum Gasteiger partial charge on any atom is 0.314 e. The van der Waals surface area contributed by atoms with E-state index >= 15 is 0 Å². The van der Waals surface area contributed by atoms with Gasteiger partial charge in [0, 0.05) is 50.7 Å². The van der Waals surface area contributed by atoms with Gasteiger partial charge in [0.15, 0.2) is 0 Å². The molecular weight excluding hydrogens is 340 g/mol. The van der Waals surface area contributed by atoms with Crippen LogP contribution in [0.5, 0.6) is 0 Å². The van der Waals surface area contributed by atoms with Crippen LogP contribution in [0.2, 0.25) is 0 Å². The Morgan fingerprint density at radius 3 is 2.52 bits per heavy atom. The molecular formula is C17H28N4O3S. The van der Waals surface area contributed by atoms with E-state index in [0.717, 1.165) is 59.2 Å². The van der Waals surface area contributed by atoms with Crippen molar-refractivity contribution < 1.29 is 14.3 Å². The third-order valence-electron chi connectivity index (χ3n) is 4.63. The molecule has 1 atom stereocenters. The van der Waals surface area contributed by atoms with Gasteiger partial charge in [-0.25, -0.2) is 4.79 Å². The number of amides is 2. The molecule has 0 spiro atoms. The van der Waals surface area contributed by atoms with Gasteiger partial charge in [-0.15, -0.1) is 11.3 Å². The molecule has 2 aliphatic rings. The van der Waals surface area contributed by atoms with E-state index in [1.807, 2.05) is 0 Å². The maximum atomic E-state index is 12.1. The monoisotopic (exact) mass is 368 g/mol. The number of ether oxygens (including phenoxy) is 2. The summed E-state index contributed by atoms with van der Waals surface area (Å²) < 4.78 is 10.8. The molecule has 2 N–H and O–H groups in total. The van der Waals surface area contributed by atoms with Gasteiger partial charge in [-0.1, -0.05) is 6.07 Å². The zero-order valence-electron chi connectivity index (χ0n) is 14.6. The summed E-state index contributed by atoms with van der Waals surface area (Å²) in [6, 6.07) is 4.33. The fourth-order valence-electron chi connectivity index (χ4n) is 3.18. The van der Waals surface area contributed by atoms with Crippen LogP contribution in [0.3, 0.4) is 0 Å². The van der Waals surface area contributed by atoms with Gasteiger partial charge in [0.1, 0.15) is 0 Å². The highest BCUT2D eigenvalue weighted by atomic mass is 32.1. The first kappa shape index (κ1) is 18.6. The first-order chi connectivity index (χ1) is 12.3. The number of hydrogen-bond donors (Lipinski definition) is 2. The number of thiophene rings is 1. The van der Waals surface area contributed by atoms with Gasteiger partial charge in [0.2, 0.25) is 0 Å². The lowest BCUT2D eigenvalue weighted by Gasteiger charge is -2.34. The van der Waals surface area contributed by atoms with Crippen LogP contribution in [0.15, 0.2) is 17.5 Å². The molecule has 0 bridgehead atoms. The molecule has 0 radical (unpaired) electrons. The molecule has 0 saturated carbocycles. The molecule has 1 unspecified atom stereocenters. The average Bonchev–Trinajstić information content (AvgIpc) is 3.18. The minimum Gasteiger partial charge on any atom is -0.379 e. The third-order valence-corrected chi connectivity index (χ3v) is 5.60. The summed E-state index contributed by atoms with van der Waals surface area (Å²) in [5.41, 5.74) is 0. The van der Waals surface area contributed by atoms with Crippen molar-refractivity contribution in [3.05, 3.63) is 22.4 Å². The molecule has 0 aliphatic carbocycles. The molecule has 3 heterocycles. The van der Waals surface area contributed by atoms with E-state index in [1.165, 1.54) is 4.88 Å². The van der Waals surface area contributed by atoms with Crippen LogP contribution >= 0.6 is 11.3 Å². The molecule has 0 aromatic carbocycles. The molecule has 1 aromatic rings. The second-order valence-corrected chi connectivity index (χ2v) is 7.25. The van der Waals surface area contributed by atoms with Crippen molar-refractivity contribution in [1.82, 2.24) is 20.4 Å². The van der Waals surface area contributed by atoms with Crippen LogP contribution in [0.4, 0.5) is 4.79 Å². The lowest BCUT2D eigenvalue weighted by atomic mass is 10.2. The quantitative estimate of drug-likeness (QED) is 0.744. The largest absolute Gasteiger partial charge is 0.379 e. The summed E-state index contributed by atoms with van der Waals surface area (Å²) in [5, 5.41) is 8.09. The number of nitrogens with one attached hydrogen (secondary N) is 2. The van der Waals surface area contributed by atoms with Gasteiger partial charge in [-0.3, -0.25) is 9.80 Å². The molecule has 8 heteroatoms. The van der Waals surface area contributed by atoms with Crippen LogP contribution in [0.25, 0.3) is 0 Å². The first-order valence-electron chi connectivity index (χ1n) is 9.00. The summed E-state index contributed by atoms with van der Waals surface area (Å²) in [6.07, 6.45) is 0. The summed E-state index contributed by atoms with van der Waals surface area (Å²) >= 11 is 1.74. The van der Waals surface area contributed by atoms with E-state index in [9.17, 15) is 4.79 Å². The minimum absolute atomic E-state index is 0.0944. The van der Waals surface area contributed by atoms with E-state index in [0.29, 0.717) is 13.1 Å². The number of rotatable bonds is 7. The Labute approximate surface area is 153 Å². The van der Waals surface area contributed by atoms with Crippen molar-refractivity contribution in [3.63, 3.8) is 0 Å². The zero-order chi connectivity index (χ0) is 17.3. The van der Waals surface area contributed by atoms with Crippen LogP contribution in [-0.4, -0.2) is 88.1 Å². The zero-order valence-corrected chi connectivity index (χ0v) is 15.4. The van der Waals surface area contributed by atoms with Crippen LogP contribution < -0.4 is 10.6 Å². The Kier molecular flexibility index (Phi) is 7.50. The van der Waals surface area contributed by atoms with E-state index in [4.69, 9.17) is 9.47 Å². The first-order valence-corrected chi connectivity index (χ1v) is 9.88. The molecule has 2 fully saturated rings. The number of nitrogens with zero attached hydrogens (tertiary/aromatic N) is 2. The second-order valence-electron chi connectivity index (χ2n) is 6.27. The predicted molar refractivity (Wildman–Crippen MR) is 98.1 cm³/mol. The molecule has 2 amide bonds. The highest BCUT2D eigenvalue weighted by Crippen LogP contribution is 2.25. The van der Waals surface area contributed by atoms with Crippen molar-refractivity contribution in [2.24, 2.45) is 0 Å². The van der Waals surface area contributed by atoms with Gasteiger partial charge >= 0.3 is 6.03 Å². The standard InChI is InChI=1S/C17H28N4O3S/c22-17(18-3-4-20-5-9-23-10-6-20)19-14-15(16-2-1-13-25-16)21-7-11-24-12-8-21/h1-2,13,15H,3-12,14H2,(H2,18,19,22). The third kappa shape index (κ3) is 5.93. The lowest BCUT2D eigenvalue weighted by molar-refractivity contribution is 0.0174. The van der Waals surface area contributed by atoms with Gasteiger partial charge < -0.3 is 20.1 Å². The van der Waals surface area contributed by atoms with Gasteiger partial charge in [0.05, 0.1) is 32.5 Å². The molecule has 3 rings (SSSR count). The van der Waals surface area contributed by atoms with Gasteiger partial charge in [-0.05, 0) is 11.4 Å². The number of carbonyl (C=O) groups is 1. The second kappa shape index (κ2) is 10.1. The average molecular weight is 369 g/mol. The van der Waals surface area contributed by atoms with Crippen LogP contribution in [-0.2, 0) is 9.47 Å². The maximum absolute atomic E-state index is 12.1. The summed E-state index contributed by atoms with van der Waals surface area (Å²) in [6.45, 7) is 8.93. The molecule has 25 heavy (non-hydrogen) atoms. The molecule has 2 saturated heterocycles. The van der Waals surface area contributed by atoms with Crippen molar-refractivity contribution in [3.8, 4) is 0 Å². The van der Waals surface area contributed by atoms with E-state index in [2.05, 4.69) is 37.9 Å². The van der Waals surface area contributed by atoms with Gasteiger partial charge in [-0.2, -0.15) is 0 Å². The Hall–Kier alpha value is -1.19. The Balaban J connectivity index is 1.41. The van der Waals surface area contributed by atoms with Crippen molar-refractivity contribution >= 4 is 17.4 Å². The Bertz CT molecular complexity index is 502. The van der Waals surface area contributed by atoms with Crippen LogP contribution in [0.1, 0.15) is 10.9 Å². The normalized spacial score (nSPS) is 21.0. The summed E-state index contributed by atoms with van der Waals surface area (Å²) in [7, 11) is 0. The minimum atomic E-state index is -0.0944.